The minimum absolute atomic E-state index is 0.0373. The summed E-state index contributed by atoms with van der Waals surface area (Å²) in [4.78, 5) is 10.7. The lowest BCUT2D eigenvalue weighted by Crippen LogP contribution is -2.01. The van der Waals surface area contributed by atoms with Crippen LogP contribution in [0.1, 0.15) is 32.3 Å². The average molecular weight is 224 g/mol. The molecule has 4 heteroatoms. The molecule has 0 aliphatic carbocycles. The second-order valence-corrected chi connectivity index (χ2v) is 3.64. The summed E-state index contributed by atoms with van der Waals surface area (Å²) in [6.45, 7) is 3.29. The van der Waals surface area contributed by atoms with Crippen molar-refractivity contribution in [3.63, 3.8) is 0 Å². The maximum Gasteiger partial charge on any atom is 0.308 e. The standard InChI is InChI=1S/C12H16O4/c1-3-4-5-10-11(14)6-9(7-12(10)15)16-8(2)13/h6-7,14-15H,3-5H2,1-2H3. The SMILES string of the molecule is CCCCc1c(O)cc(OC(C)=O)cc1O. The molecule has 0 spiro atoms. The zero-order valence-corrected chi connectivity index (χ0v) is 9.49. The number of unbranched alkanes of at least 4 members (excludes halogenated alkanes) is 1. The van der Waals surface area contributed by atoms with Crippen molar-refractivity contribution in [2.45, 2.75) is 33.1 Å². The summed E-state index contributed by atoms with van der Waals surface area (Å²) < 4.78 is 4.78. The molecule has 0 saturated carbocycles. The second-order valence-electron chi connectivity index (χ2n) is 3.64. The minimum atomic E-state index is -0.486. The molecule has 0 atom stereocenters. The van der Waals surface area contributed by atoms with Gasteiger partial charge in [0.05, 0.1) is 0 Å². The van der Waals surface area contributed by atoms with Gasteiger partial charge in [-0.15, -0.1) is 0 Å². The van der Waals surface area contributed by atoms with Gasteiger partial charge in [0.25, 0.3) is 0 Å². The molecule has 4 nitrogen and oxygen atoms in total. The van der Waals surface area contributed by atoms with Gasteiger partial charge in [0.1, 0.15) is 17.2 Å². The van der Waals surface area contributed by atoms with E-state index in [9.17, 15) is 15.0 Å². The van der Waals surface area contributed by atoms with Crippen LogP contribution in [0.25, 0.3) is 0 Å². The molecule has 2 N–H and O–H groups in total. The molecule has 1 aromatic rings. The van der Waals surface area contributed by atoms with Crippen LogP contribution in [0.3, 0.4) is 0 Å². The molecule has 0 fully saturated rings. The first kappa shape index (κ1) is 12.4. The Hall–Kier alpha value is -1.71. The topological polar surface area (TPSA) is 66.8 Å². The number of hydrogen-bond acceptors (Lipinski definition) is 4. The molecule has 1 rings (SSSR count). The molecule has 0 saturated heterocycles. The van der Waals surface area contributed by atoms with Crippen LogP contribution in [-0.4, -0.2) is 16.2 Å². The van der Waals surface area contributed by atoms with E-state index >= 15 is 0 Å². The van der Waals surface area contributed by atoms with Gasteiger partial charge in [0.2, 0.25) is 0 Å². The number of hydrogen-bond donors (Lipinski definition) is 2. The largest absolute Gasteiger partial charge is 0.507 e. The van der Waals surface area contributed by atoms with E-state index in [2.05, 4.69) is 0 Å². The summed E-state index contributed by atoms with van der Waals surface area (Å²) in [5.41, 5.74) is 0.498. The van der Waals surface area contributed by atoms with Gasteiger partial charge in [0.15, 0.2) is 0 Å². The molecular formula is C12H16O4. The number of phenols is 2. The van der Waals surface area contributed by atoms with Crippen molar-refractivity contribution in [2.75, 3.05) is 0 Å². The predicted octanol–water partition coefficient (Wildman–Crippen LogP) is 2.37. The molecule has 0 unspecified atom stereocenters. The van der Waals surface area contributed by atoms with Crippen molar-refractivity contribution in [1.82, 2.24) is 0 Å². The molecule has 0 aliphatic rings. The quantitative estimate of drug-likeness (QED) is 0.608. The van der Waals surface area contributed by atoms with Gasteiger partial charge in [-0.3, -0.25) is 4.79 Å². The fraction of sp³-hybridized carbons (Fsp3) is 0.417. The molecule has 0 radical (unpaired) electrons. The van der Waals surface area contributed by atoms with E-state index in [0.717, 1.165) is 12.8 Å². The van der Waals surface area contributed by atoms with E-state index in [4.69, 9.17) is 4.74 Å². The van der Waals surface area contributed by atoms with Crippen LogP contribution < -0.4 is 4.74 Å². The number of ether oxygens (including phenoxy) is 1. The summed E-state index contributed by atoms with van der Waals surface area (Å²) in [5.74, 6) is -0.405. The van der Waals surface area contributed by atoms with Crippen molar-refractivity contribution in [3.05, 3.63) is 17.7 Å². The highest BCUT2D eigenvalue weighted by Gasteiger charge is 2.11. The number of aromatic hydroxyl groups is 2. The van der Waals surface area contributed by atoms with Crippen LogP contribution >= 0.6 is 0 Å². The van der Waals surface area contributed by atoms with Crippen LogP contribution in [0.15, 0.2) is 12.1 Å². The van der Waals surface area contributed by atoms with Crippen molar-refractivity contribution in [1.29, 1.82) is 0 Å². The molecule has 0 amide bonds. The van der Waals surface area contributed by atoms with E-state index in [1.165, 1.54) is 19.1 Å². The summed E-state index contributed by atoms with van der Waals surface area (Å²) in [6, 6.07) is 2.68. The summed E-state index contributed by atoms with van der Waals surface area (Å²) in [5, 5.41) is 19.3. The molecule has 0 bridgehead atoms. The van der Waals surface area contributed by atoms with Crippen LogP contribution in [0, 0.1) is 0 Å². The molecule has 88 valence electrons. The Labute approximate surface area is 94.5 Å². The van der Waals surface area contributed by atoms with E-state index < -0.39 is 5.97 Å². The Morgan fingerprint density at radius 2 is 1.88 bits per heavy atom. The number of esters is 1. The molecule has 0 aromatic heterocycles. The molecule has 0 aliphatic heterocycles. The van der Waals surface area contributed by atoms with E-state index in [0.29, 0.717) is 12.0 Å². The Morgan fingerprint density at radius 3 is 2.31 bits per heavy atom. The molecular weight excluding hydrogens is 208 g/mol. The Balaban J connectivity index is 2.93. The highest BCUT2D eigenvalue weighted by atomic mass is 16.5. The number of carbonyl (C=O) groups is 1. The van der Waals surface area contributed by atoms with Gasteiger partial charge in [-0.25, -0.2) is 0 Å². The molecule has 16 heavy (non-hydrogen) atoms. The van der Waals surface area contributed by atoms with E-state index in [1.54, 1.807) is 0 Å². The van der Waals surface area contributed by atoms with Crippen molar-refractivity contribution in [2.24, 2.45) is 0 Å². The number of carbonyl (C=O) groups excluding carboxylic acids is 1. The Kier molecular flexibility index (Phi) is 4.17. The average Bonchev–Trinajstić information content (AvgIpc) is 2.15. The van der Waals surface area contributed by atoms with Crippen LogP contribution in [0.5, 0.6) is 17.2 Å². The monoisotopic (exact) mass is 224 g/mol. The third kappa shape index (κ3) is 3.15. The lowest BCUT2D eigenvalue weighted by Gasteiger charge is -2.09. The van der Waals surface area contributed by atoms with E-state index in [-0.39, 0.29) is 17.2 Å². The Morgan fingerprint density at radius 1 is 1.31 bits per heavy atom. The minimum Gasteiger partial charge on any atom is -0.507 e. The zero-order valence-electron chi connectivity index (χ0n) is 9.49. The zero-order chi connectivity index (χ0) is 12.1. The normalized spacial score (nSPS) is 10.1. The number of benzene rings is 1. The lowest BCUT2D eigenvalue weighted by atomic mass is 10.1. The van der Waals surface area contributed by atoms with Gasteiger partial charge in [-0.1, -0.05) is 13.3 Å². The fourth-order valence-corrected chi connectivity index (χ4v) is 1.45. The fourth-order valence-electron chi connectivity index (χ4n) is 1.45. The number of rotatable bonds is 4. The van der Waals surface area contributed by atoms with Gasteiger partial charge in [-0.05, 0) is 12.8 Å². The first-order valence-electron chi connectivity index (χ1n) is 5.27. The molecule has 0 heterocycles. The Bertz CT molecular complexity index is 362. The third-order valence-corrected chi connectivity index (χ3v) is 2.22. The van der Waals surface area contributed by atoms with Crippen LogP contribution in [-0.2, 0) is 11.2 Å². The first-order chi connectivity index (χ1) is 7.54. The van der Waals surface area contributed by atoms with Crippen molar-refractivity contribution < 1.29 is 19.7 Å². The maximum atomic E-state index is 10.7. The predicted molar refractivity (Wildman–Crippen MR) is 59.7 cm³/mol. The van der Waals surface area contributed by atoms with Crippen molar-refractivity contribution in [3.8, 4) is 17.2 Å². The van der Waals surface area contributed by atoms with Gasteiger partial charge in [-0.2, -0.15) is 0 Å². The van der Waals surface area contributed by atoms with E-state index in [1.807, 2.05) is 6.92 Å². The first-order valence-corrected chi connectivity index (χ1v) is 5.27. The third-order valence-electron chi connectivity index (χ3n) is 2.22. The lowest BCUT2D eigenvalue weighted by molar-refractivity contribution is -0.131. The summed E-state index contributed by atoms with van der Waals surface area (Å²) in [7, 11) is 0. The maximum absolute atomic E-state index is 10.7. The second kappa shape index (κ2) is 5.39. The van der Waals surface area contributed by atoms with Crippen LogP contribution in [0.2, 0.25) is 0 Å². The van der Waals surface area contributed by atoms with Gasteiger partial charge >= 0.3 is 5.97 Å². The van der Waals surface area contributed by atoms with Gasteiger partial charge in [0, 0.05) is 24.6 Å². The smallest absolute Gasteiger partial charge is 0.308 e. The summed E-state index contributed by atoms with van der Waals surface area (Å²) in [6.07, 6.45) is 2.47. The van der Waals surface area contributed by atoms with Gasteiger partial charge < -0.3 is 14.9 Å². The van der Waals surface area contributed by atoms with Crippen LogP contribution in [0.4, 0.5) is 0 Å². The highest BCUT2D eigenvalue weighted by molar-refractivity contribution is 5.70. The molecule has 1 aromatic carbocycles. The highest BCUT2D eigenvalue weighted by Crippen LogP contribution is 2.33. The summed E-state index contributed by atoms with van der Waals surface area (Å²) >= 11 is 0. The number of phenolic OH excluding ortho intramolecular Hbond substituents is 2. The van der Waals surface area contributed by atoms with Crippen molar-refractivity contribution >= 4 is 5.97 Å².